The van der Waals surface area contributed by atoms with Gasteiger partial charge < -0.3 is 5.11 Å². The number of thiocarbonyl (C=S) groups is 1. The van der Waals surface area contributed by atoms with E-state index in [0.717, 1.165) is 5.56 Å². The Morgan fingerprint density at radius 2 is 1.86 bits per heavy atom. The van der Waals surface area contributed by atoms with Crippen LogP contribution in [-0.4, -0.2) is 9.30 Å². The van der Waals surface area contributed by atoms with Crippen LogP contribution in [0.1, 0.15) is 25.5 Å². The molecule has 0 fully saturated rings. The van der Waals surface area contributed by atoms with Gasteiger partial charge in [0.2, 0.25) is 0 Å². The van der Waals surface area contributed by atoms with E-state index in [1.54, 1.807) is 0 Å². The highest BCUT2D eigenvalue weighted by Crippen LogP contribution is 2.35. The molecule has 0 spiro atoms. The third-order valence-corrected chi connectivity index (χ3v) is 3.45. The standard InChI is InChI=1S/C11H14OS2/c1-11(2,10(13)14)9(12)8-6-4-3-5-7-8/h3-7,9,12H,1-2H3,(H,13,14)/t9-/m0/s1. The molecule has 76 valence electrons. The molecule has 3 heteroatoms. The number of thiol groups is 1. The lowest BCUT2D eigenvalue weighted by Crippen LogP contribution is -2.27. The van der Waals surface area contributed by atoms with Crippen LogP contribution in [-0.2, 0) is 0 Å². The van der Waals surface area contributed by atoms with Crippen LogP contribution < -0.4 is 0 Å². The molecule has 0 heterocycles. The summed E-state index contributed by atoms with van der Waals surface area (Å²) in [4.78, 5) is 0. The minimum absolute atomic E-state index is 0.486. The van der Waals surface area contributed by atoms with Crippen LogP contribution in [0.15, 0.2) is 30.3 Å². The van der Waals surface area contributed by atoms with E-state index in [4.69, 9.17) is 12.2 Å². The van der Waals surface area contributed by atoms with Crippen LogP contribution in [0.5, 0.6) is 0 Å². The Balaban J connectivity index is 2.96. The van der Waals surface area contributed by atoms with Crippen molar-refractivity contribution in [3.8, 4) is 0 Å². The fraction of sp³-hybridized carbons (Fsp3) is 0.364. The molecule has 0 saturated heterocycles. The average Bonchev–Trinajstić information content (AvgIpc) is 2.17. The van der Waals surface area contributed by atoms with Crippen LogP contribution in [0.25, 0.3) is 0 Å². The highest BCUT2D eigenvalue weighted by molar-refractivity contribution is 8.11. The van der Waals surface area contributed by atoms with E-state index in [9.17, 15) is 5.11 Å². The van der Waals surface area contributed by atoms with Crippen molar-refractivity contribution in [3.05, 3.63) is 35.9 Å². The van der Waals surface area contributed by atoms with Crippen LogP contribution in [0, 0.1) is 5.41 Å². The summed E-state index contributed by atoms with van der Waals surface area (Å²) < 4.78 is 0.522. The van der Waals surface area contributed by atoms with Crippen LogP contribution >= 0.6 is 24.8 Å². The predicted molar refractivity (Wildman–Crippen MR) is 66.8 cm³/mol. The number of aliphatic hydroxyl groups is 1. The Morgan fingerprint density at radius 1 is 1.36 bits per heavy atom. The van der Waals surface area contributed by atoms with Gasteiger partial charge in [-0.1, -0.05) is 56.4 Å². The molecule has 0 aliphatic rings. The normalized spacial score (nSPS) is 13.7. The summed E-state index contributed by atoms with van der Waals surface area (Å²) in [7, 11) is 0. The summed E-state index contributed by atoms with van der Waals surface area (Å²) in [5.74, 6) is 0. The predicted octanol–water partition coefficient (Wildman–Crippen LogP) is 3.00. The smallest absolute Gasteiger partial charge is 0.0894 e. The number of hydrogen-bond acceptors (Lipinski definition) is 2. The summed E-state index contributed by atoms with van der Waals surface area (Å²) in [6.07, 6.45) is -0.603. The van der Waals surface area contributed by atoms with Crippen molar-refractivity contribution in [1.29, 1.82) is 0 Å². The first-order valence-electron chi connectivity index (χ1n) is 4.42. The minimum atomic E-state index is -0.603. The molecular weight excluding hydrogens is 212 g/mol. The molecule has 14 heavy (non-hydrogen) atoms. The fourth-order valence-electron chi connectivity index (χ4n) is 1.17. The summed E-state index contributed by atoms with van der Waals surface area (Å²) in [5.41, 5.74) is 0.383. The van der Waals surface area contributed by atoms with E-state index in [-0.39, 0.29) is 0 Å². The molecule has 1 nitrogen and oxygen atoms in total. The monoisotopic (exact) mass is 226 g/mol. The van der Waals surface area contributed by atoms with E-state index in [1.165, 1.54) is 0 Å². The molecule has 0 aromatic heterocycles. The molecule has 0 bridgehead atoms. The second-order valence-corrected chi connectivity index (χ2v) is 5.00. The SMILES string of the molecule is CC(C)(C(=S)S)[C@@H](O)c1ccccc1. The molecule has 1 N–H and O–H groups in total. The van der Waals surface area contributed by atoms with Gasteiger partial charge in [0.1, 0.15) is 0 Å². The highest BCUT2D eigenvalue weighted by Gasteiger charge is 2.31. The lowest BCUT2D eigenvalue weighted by molar-refractivity contribution is 0.0974. The first-order chi connectivity index (χ1) is 6.46. The second kappa shape index (κ2) is 4.43. The fourth-order valence-corrected chi connectivity index (χ4v) is 1.40. The number of rotatable bonds is 3. The summed E-state index contributed by atoms with van der Waals surface area (Å²) in [6.45, 7) is 3.78. The zero-order valence-electron chi connectivity index (χ0n) is 8.27. The lowest BCUT2D eigenvalue weighted by atomic mass is 9.84. The van der Waals surface area contributed by atoms with Crippen LogP contribution in [0.3, 0.4) is 0 Å². The van der Waals surface area contributed by atoms with Gasteiger partial charge in [0.15, 0.2) is 0 Å². The molecule has 0 unspecified atom stereocenters. The van der Waals surface area contributed by atoms with Crippen molar-refractivity contribution in [2.75, 3.05) is 0 Å². The zero-order chi connectivity index (χ0) is 10.8. The van der Waals surface area contributed by atoms with Gasteiger partial charge in [-0.3, -0.25) is 0 Å². The Hall–Kier alpha value is -0.380. The molecule has 0 saturated carbocycles. The number of benzene rings is 1. The van der Waals surface area contributed by atoms with Gasteiger partial charge in [-0.25, -0.2) is 0 Å². The number of aliphatic hydroxyl groups excluding tert-OH is 1. The Bertz CT molecular complexity index is 319. The first kappa shape index (κ1) is 11.7. The highest BCUT2D eigenvalue weighted by atomic mass is 32.1. The van der Waals surface area contributed by atoms with E-state index in [1.807, 2.05) is 44.2 Å². The molecular formula is C11H14OS2. The summed E-state index contributed by atoms with van der Waals surface area (Å²) in [5, 5.41) is 10.1. The lowest BCUT2D eigenvalue weighted by Gasteiger charge is -2.29. The van der Waals surface area contributed by atoms with E-state index < -0.39 is 11.5 Å². The van der Waals surface area contributed by atoms with Crippen molar-refractivity contribution in [2.45, 2.75) is 20.0 Å². The maximum Gasteiger partial charge on any atom is 0.0894 e. The minimum Gasteiger partial charge on any atom is -0.387 e. The molecule has 1 aromatic rings. The van der Waals surface area contributed by atoms with Gasteiger partial charge in [-0.15, -0.1) is 12.6 Å². The van der Waals surface area contributed by atoms with Crippen molar-refractivity contribution in [3.63, 3.8) is 0 Å². The average molecular weight is 226 g/mol. The second-order valence-electron chi connectivity index (χ2n) is 3.84. The van der Waals surface area contributed by atoms with Gasteiger partial charge >= 0.3 is 0 Å². The molecule has 1 rings (SSSR count). The van der Waals surface area contributed by atoms with Gasteiger partial charge in [-0.05, 0) is 5.56 Å². The third-order valence-electron chi connectivity index (χ3n) is 2.35. The largest absolute Gasteiger partial charge is 0.387 e. The van der Waals surface area contributed by atoms with Crippen molar-refractivity contribution in [2.24, 2.45) is 5.41 Å². The Labute approximate surface area is 95.6 Å². The van der Waals surface area contributed by atoms with Crippen molar-refractivity contribution >= 4 is 29.0 Å². The Kier molecular flexibility index (Phi) is 3.70. The molecule has 1 atom stereocenters. The maximum absolute atomic E-state index is 10.1. The molecule has 0 radical (unpaired) electrons. The summed E-state index contributed by atoms with van der Waals surface area (Å²) >= 11 is 9.15. The van der Waals surface area contributed by atoms with Crippen molar-refractivity contribution in [1.82, 2.24) is 0 Å². The first-order valence-corrected chi connectivity index (χ1v) is 5.28. The summed E-state index contributed by atoms with van der Waals surface area (Å²) in [6, 6.07) is 9.49. The molecule has 0 aliphatic carbocycles. The van der Waals surface area contributed by atoms with E-state index >= 15 is 0 Å². The van der Waals surface area contributed by atoms with E-state index in [0.29, 0.717) is 4.20 Å². The van der Waals surface area contributed by atoms with Gasteiger partial charge in [0.25, 0.3) is 0 Å². The van der Waals surface area contributed by atoms with Gasteiger partial charge in [-0.2, -0.15) is 0 Å². The topological polar surface area (TPSA) is 20.2 Å². The van der Waals surface area contributed by atoms with Crippen LogP contribution in [0.4, 0.5) is 0 Å². The zero-order valence-corrected chi connectivity index (χ0v) is 9.98. The quantitative estimate of drug-likeness (QED) is 0.610. The third kappa shape index (κ3) is 2.35. The molecule has 0 aliphatic heterocycles. The van der Waals surface area contributed by atoms with Crippen molar-refractivity contribution < 1.29 is 5.11 Å². The molecule has 0 amide bonds. The van der Waals surface area contributed by atoms with Gasteiger partial charge in [0.05, 0.1) is 10.3 Å². The number of hydrogen-bond donors (Lipinski definition) is 2. The van der Waals surface area contributed by atoms with Gasteiger partial charge in [0, 0.05) is 5.41 Å². The Morgan fingerprint density at radius 3 is 2.29 bits per heavy atom. The van der Waals surface area contributed by atoms with E-state index in [2.05, 4.69) is 12.6 Å². The maximum atomic E-state index is 10.1. The molecule has 1 aromatic carbocycles. The van der Waals surface area contributed by atoms with Crippen LogP contribution in [0.2, 0.25) is 0 Å².